The maximum Gasteiger partial charge on any atom is 0.329 e. The van der Waals surface area contributed by atoms with Crippen LogP contribution in [0, 0.1) is 5.92 Å². The lowest BCUT2D eigenvalue weighted by atomic mass is 10.0. The van der Waals surface area contributed by atoms with E-state index >= 15 is 0 Å². The first-order valence-electron chi connectivity index (χ1n) is 8.98. The number of nitrogens with one attached hydrogen (secondary N) is 1. The number of carbonyl (C=O) groups excluding carboxylic acids is 3. The fourth-order valence-corrected chi connectivity index (χ4v) is 2.78. The summed E-state index contributed by atoms with van der Waals surface area (Å²) in [4.78, 5) is 38.7. The molecular weight excluding hydrogens is 332 g/mol. The number of amides is 2. The van der Waals surface area contributed by atoms with Gasteiger partial charge in [-0.15, -0.1) is 0 Å². The van der Waals surface area contributed by atoms with Crippen LogP contribution in [0.1, 0.15) is 51.9 Å². The van der Waals surface area contributed by atoms with E-state index in [9.17, 15) is 14.4 Å². The average Bonchev–Trinajstić information content (AvgIpc) is 2.57. The van der Waals surface area contributed by atoms with Crippen LogP contribution in [0.2, 0.25) is 0 Å². The quantitative estimate of drug-likeness (QED) is 0.721. The third-order valence-corrected chi connectivity index (χ3v) is 3.98. The highest BCUT2D eigenvalue weighted by Gasteiger charge is 2.28. The second-order valence-electron chi connectivity index (χ2n) is 7.16. The second-order valence-corrected chi connectivity index (χ2v) is 7.16. The van der Waals surface area contributed by atoms with Crippen LogP contribution in [-0.2, 0) is 14.3 Å². The molecular formula is C20H30N2O4. The predicted octanol–water partition coefficient (Wildman–Crippen LogP) is 2.63. The van der Waals surface area contributed by atoms with Crippen LogP contribution in [0.25, 0.3) is 0 Å². The van der Waals surface area contributed by atoms with Crippen molar-refractivity contribution in [2.75, 3.05) is 6.61 Å². The Bertz CT molecular complexity index is 603. The molecule has 26 heavy (non-hydrogen) atoms. The van der Waals surface area contributed by atoms with Gasteiger partial charge in [0.1, 0.15) is 6.04 Å². The summed E-state index contributed by atoms with van der Waals surface area (Å²) in [6.07, 6.45) is 0. The number of rotatable bonds is 8. The van der Waals surface area contributed by atoms with E-state index in [1.807, 2.05) is 47.6 Å². The van der Waals surface area contributed by atoms with Gasteiger partial charge in [0.05, 0.1) is 0 Å². The van der Waals surface area contributed by atoms with Crippen molar-refractivity contribution in [1.82, 2.24) is 10.2 Å². The van der Waals surface area contributed by atoms with E-state index in [0.717, 1.165) is 0 Å². The molecule has 1 atom stereocenters. The Morgan fingerprint density at radius 3 is 1.96 bits per heavy atom. The number of carbonyl (C=O) groups is 3. The smallest absolute Gasteiger partial charge is 0.329 e. The van der Waals surface area contributed by atoms with Crippen molar-refractivity contribution in [3.8, 4) is 0 Å². The Morgan fingerprint density at radius 2 is 1.50 bits per heavy atom. The van der Waals surface area contributed by atoms with E-state index in [0.29, 0.717) is 5.56 Å². The standard InChI is InChI=1S/C20H30N2O4/c1-13(2)18(21-19(24)16-10-8-7-9-11-16)20(25)26-12-17(23)22(14(3)4)15(5)6/h7-11,13-15,18H,12H2,1-6H3,(H,21,24)/t18-/m0/s1. The van der Waals surface area contributed by atoms with Crippen molar-refractivity contribution >= 4 is 17.8 Å². The minimum absolute atomic E-state index is 0.0138. The summed E-state index contributed by atoms with van der Waals surface area (Å²) in [6.45, 7) is 10.9. The minimum Gasteiger partial charge on any atom is -0.454 e. The van der Waals surface area contributed by atoms with Gasteiger partial charge in [0, 0.05) is 17.6 Å². The van der Waals surface area contributed by atoms with Gasteiger partial charge in [-0.25, -0.2) is 4.79 Å². The van der Waals surface area contributed by atoms with Crippen LogP contribution in [-0.4, -0.2) is 47.4 Å². The molecule has 0 bridgehead atoms. The van der Waals surface area contributed by atoms with E-state index in [-0.39, 0.29) is 36.4 Å². The van der Waals surface area contributed by atoms with Crippen LogP contribution in [0.5, 0.6) is 0 Å². The largest absolute Gasteiger partial charge is 0.454 e. The number of hydrogen-bond acceptors (Lipinski definition) is 4. The third-order valence-electron chi connectivity index (χ3n) is 3.98. The predicted molar refractivity (Wildman–Crippen MR) is 101 cm³/mol. The first kappa shape index (κ1) is 21.7. The van der Waals surface area contributed by atoms with Gasteiger partial charge in [-0.05, 0) is 45.7 Å². The zero-order chi connectivity index (χ0) is 19.9. The normalized spacial score (nSPS) is 12.2. The summed E-state index contributed by atoms with van der Waals surface area (Å²) in [5, 5.41) is 2.69. The molecule has 1 rings (SSSR count). The van der Waals surface area contributed by atoms with Crippen molar-refractivity contribution in [2.24, 2.45) is 5.92 Å². The lowest BCUT2D eigenvalue weighted by Crippen LogP contribution is -2.48. The highest BCUT2D eigenvalue weighted by Crippen LogP contribution is 2.09. The monoisotopic (exact) mass is 362 g/mol. The van der Waals surface area contributed by atoms with E-state index in [2.05, 4.69) is 5.32 Å². The van der Waals surface area contributed by atoms with Crippen LogP contribution in [0.15, 0.2) is 30.3 Å². The van der Waals surface area contributed by atoms with Gasteiger partial charge in [0.2, 0.25) is 0 Å². The van der Waals surface area contributed by atoms with E-state index in [1.165, 1.54) is 0 Å². The lowest BCUT2D eigenvalue weighted by Gasteiger charge is -2.30. The number of hydrogen-bond donors (Lipinski definition) is 1. The lowest BCUT2D eigenvalue weighted by molar-refractivity contribution is -0.155. The second kappa shape index (κ2) is 9.94. The van der Waals surface area contributed by atoms with Gasteiger partial charge in [-0.3, -0.25) is 9.59 Å². The Hall–Kier alpha value is -2.37. The molecule has 0 radical (unpaired) electrons. The summed E-state index contributed by atoms with van der Waals surface area (Å²) in [7, 11) is 0. The summed E-state index contributed by atoms with van der Waals surface area (Å²) in [5.74, 6) is -1.37. The van der Waals surface area contributed by atoms with Gasteiger partial charge < -0.3 is 15.0 Å². The van der Waals surface area contributed by atoms with Gasteiger partial charge >= 0.3 is 5.97 Å². The summed E-state index contributed by atoms with van der Waals surface area (Å²) in [6, 6.07) is 7.87. The number of nitrogens with zero attached hydrogens (tertiary/aromatic N) is 1. The molecule has 0 saturated heterocycles. The Balaban J connectivity index is 2.71. The summed E-state index contributed by atoms with van der Waals surface area (Å²) < 4.78 is 5.20. The van der Waals surface area contributed by atoms with Crippen molar-refractivity contribution in [3.63, 3.8) is 0 Å². The molecule has 6 heteroatoms. The molecule has 0 aliphatic heterocycles. The van der Waals surface area contributed by atoms with Crippen LogP contribution in [0.4, 0.5) is 0 Å². The van der Waals surface area contributed by atoms with Gasteiger partial charge in [-0.2, -0.15) is 0 Å². The van der Waals surface area contributed by atoms with Crippen LogP contribution >= 0.6 is 0 Å². The Morgan fingerprint density at radius 1 is 0.962 bits per heavy atom. The minimum atomic E-state index is -0.818. The first-order valence-corrected chi connectivity index (χ1v) is 8.98. The molecule has 1 aromatic rings. The first-order chi connectivity index (χ1) is 12.1. The van der Waals surface area contributed by atoms with Crippen molar-refractivity contribution in [1.29, 1.82) is 0 Å². The molecule has 1 aromatic carbocycles. The zero-order valence-electron chi connectivity index (χ0n) is 16.5. The molecule has 0 saturated carbocycles. The molecule has 0 fully saturated rings. The Kier molecular flexibility index (Phi) is 8.29. The molecule has 0 unspecified atom stereocenters. The SMILES string of the molecule is CC(C)[C@H](NC(=O)c1ccccc1)C(=O)OCC(=O)N(C(C)C)C(C)C. The zero-order valence-corrected chi connectivity index (χ0v) is 16.5. The molecule has 2 amide bonds. The van der Waals surface area contributed by atoms with Gasteiger partial charge in [-0.1, -0.05) is 32.0 Å². The fourth-order valence-electron chi connectivity index (χ4n) is 2.78. The number of benzene rings is 1. The van der Waals surface area contributed by atoms with E-state index < -0.39 is 12.0 Å². The maximum absolute atomic E-state index is 12.4. The average molecular weight is 362 g/mol. The van der Waals surface area contributed by atoms with E-state index in [1.54, 1.807) is 29.2 Å². The van der Waals surface area contributed by atoms with Gasteiger partial charge in [0.25, 0.3) is 11.8 Å². The molecule has 144 valence electrons. The molecule has 0 spiro atoms. The molecule has 6 nitrogen and oxygen atoms in total. The van der Waals surface area contributed by atoms with Crippen LogP contribution in [0.3, 0.4) is 0 Å². The van der Waals surface area contributed by atoms with Crippen molar-refractivity contribution in [3.05, 3.63) is 35.9 Å². The highest BCUT2D eigenvalue weighted by molar-refractivity contribution is 5.97. The van der Waals surface area contributed by atoms with E-state index in [4.69, 9.17) is 4.74 Å². The fraction of sp³-hybridized carbons (Fsp3) is 0.550. The van der Waals surface area contributed by atoms with Crippen LogP contribution < -0.4 is 5.32 Å². The molecule has 0 aliphatic carbocycles. The molecule has 1 N–H and O–H groups in total. The third kappa shape index (κ3) is 6.17. The number of esters is 1. The molecule has 0 aromatic heterocycles. The summed E-state index contributed by atoms with van der Waals surface area (Å²) in [5.41, 5.74) is 0.466. The van der Waals surface area contributed by atoms with Crippen molar-refractivity contribution in [2.45, 2.75) is 59.7 Å². The van der Waals surface area contributed by atoms with Gasteiger partial charge in [0.15, 0.2) is 6.61 Å². The number of ether oxygens (including phenoxy) is 1. The summed E-state index contributed by atoms with van der Waals surface area (Å²) >= 11 is 0. The topological polar surface area (TPSA) is 75.7 Å². The Labute approximate surface area is 155 Å². The highest BCUT2D eigenvalue weighted by atomic mass is 16.5. The molecule has 0 aliphatic rings. The van der Waals surface area contributed by atoms with Crippen molar-refractivity contribution < 1.29 is 19.1 Å². The maximum atomic E-state index is 12.4. The molecule has 0 heterocycles.